The van der Waals surface area contributed by atoms with Gasteiger partial charge in [0.1, 0.15) is 0 Å². The second-order valence-corrected chi connectivity index (χ2v) is 5.65. The lowest BCUT2D eigenvalue weighted by molar-refractivity contribution is 0.797. The first-order valence-electron chi connectivity index (χ1n) is 4.83. The van der Waals surface area contributed by atoms with Crippen molar-refractivity contribution in [2.24, 2.45) is 5.73 Å². The number of benzene rings is 1. The predicted molar refractivity (Wildman–Crippen MR) is 67.5 cm³/mol. The van der Waals surface area contributed by atoms with Gasteiger partial charge in [-0.25, -0.2) is 0 Å². The molecule has 2 N–H and O–H groups in total. The van der Waals surface area contributed by atoms with Crippen molar-refractivity contribution in [3.05, 3.63) is 47.3 Å². The Morgan fingerprint density at radius 3 is 2.67 bits per heavy atom. The van der Waals surface area contributed by atoms with Crippen LogP contribution in [0.1, 0.15) is 18.5 Å². The molecule has 2 rings (SSSR count). The lowest BCUT2D eigenvalue weighted by atomic mass is 10.1. The van der Waals surface area contributed by atoms with E-state index < -0.39 is 0 Å². The van der Waals surface area contributed by atoms with Crippen molar-refractivity contribution in [2.45, 2.75) is 22.1 Å². The van der Waals surface area contributed by atoms with E-state index in [0.29, 0.717) is 0 Å². The summed E-state index contributed by atoms with van der Waals surface area (Å²) < 4.78 is 1.31. The zero-order chi connectivity index (χ0) is 10.7. The third-order valence-electron chi connectivity index (χ3n) is 2.12. The Labute approximate surface area is 98.3 Å². The van der Waals surface area contributed by atoms with E-state index in [1.54, 1.807) is 23.1 Å². The summed E-state index contributed by atoms with van der Waals surface area (Å²) in [6, 6.07) is 12.6. The Kier molecular flexibility index (Phi) is 3.46. The quantitative estimate of drug-likeness (QED) is 0.872. The summed E-state index contributed by atoms with van der Waals surface area (Å²) in [5.41, 5.74) is 7.15. The van der Waals surface area contributed by atoms with Crippen LogP contribution < -0.4 is 5.73 Å². The Morgan fingerprint density at radius 1 is 1.20 bits per heavy atom. The van der Waals surface area contributed by atoms with E-state index in [1.807, 2.05) is 13.0 Å². The Bertz CT molecular complexity index is 421. The van der Waals surface area contributed by atoms with Crippen LogP contribution in [0.5, 0.6) is 0 Å². The van der Waals surface area contributed by atoms with Crippen molar-refractivity contribution in [1.82, 2.24) is 0 Å². The SMILES string of the molecule is C[C@H](N)c1ccccc1Sc1cccs1. The molecule has 2 aromatic rings. The third-order valence-corrected chi connectivity index (χ3v) is 4.24. The van der Waals surface area contributed by atoms with Gasteiger partial charge in [0.25, 0.3) is 0 Å². The van der Waals surface area contributed by atoms with Crippen molar-refractivity contribution in [2.75, 3.05) is 0 Å². The van der Waals surface area contributed by atoms with Gasteiger partial charge in [-0.2, -0.15) is 0 Å². The van der Waals surface area contributed by atoms with E-state index in [2.05, 4.69) is 35.7 Å². The molecule has 1 nitrogen and oxygen atoms in total. The molecular formula is C12H13NS2. The molecule has 0 saturated carbocycles. The van der Waals surface area contributed by atoms with Crippen LogP contribution in [0.3, 0.4) is 0 Å². The van der Waals surface area contributed by atoms with Gasteiger partial charge < -0.3 is 5.73 Å². The van der Waals surface area contributed by atoms with E-state index in [0.717, 1.165) is 0 Å². The van der Waals surface area contributed by atoms with Gasteiger partial charge in [-0.15, -0.1) is 11.3 Å². The fourth-order valence-corrected chi connectivity index (χ4v) is 3.34. The summed E-state index contributed by atoms with van der Waals surface area (Å²) >= 11 is 3.55. The van der Waals surface area contributed by atoms with Gasteiger partial charge >= 0.3 is 0 Å². The Morgan fingerprint density at radius 2 is 2.00 bits per heavy atom. The zero-order valence-electron chi connectivity index (χ0n) is 8.51. The van der Waals surface area contributed by atoms with Gasteiger partial charge in [0.15, 0.2) is 0 Å². The van der Waals surface area contributed by atoms with E-state index in [1.165, 1.54) is 14.7 Å². The first-order chi connectivity index (χ1) is 7.27. The van der Waals surface area contributed by atoms with Gasteiger partial charge in [0.2, 0.25) is 0 Å². The number of hydrogen-bond acceptors (Lipinski definition) is 3. The van der Waals surface area contributed by atoms with Gasteiger partial charge in [-0.3, -0.25) is 0 Å². The Balaban J connectivity index is 2.28. The van der Waals surface area contributed by atoms with Crippen LogP contribution in [-0.4, -0.2) is 0 Å². The maximum Gasteiger partial charge on any atom is 0.0646 e. The highest BCUT2D eigenvalue weighted by Crippen LogP contribution is 2.34. The number of rotatable bonds is 3. The first kappa shape index (κ1) is 10.7. The van der Waals surface area contributed by atoms with Crippen LogP contribution in [0.4, 0.5) is 0 Å². The molecule has 0 unspecified atom stereocenters. The van der Waals surface area contributed by atoms with E-state index in [-0.39, 0.29) is 6.04 Å². The van der Waals surface area contributed by atoms with Gasteiger partial charge in [-0.05, 0) is 30.0 Å². The van der Waals surface area contributed by atoms with Crippen molar-refractivity contribution in [3.8, 4) is 0 Å². The van der Waals surface area contributed by atoms with Crippen LogP contribution in [-0.2, 0) is 0 Å². The average molecular weight is 235 g/mol. The zero-order valence-corrected chi connectivity index (χ0v) is 10.1. The molecule has 0 amide bonds. The molecule has 3 heteroatoms. The van der Waals surface area contributed by atoms with Crippen LogP contribution in [0.15, 0.2) is 50.9 Å². The smallest absolute Gasteiger partial charge is 0.0646 e. The normalized spacial score (nSPS) is 12.7. The minimum atomic E-state index is 0.0914. The maximum atomic E-state index is 5.93. The largest absolute Gasteiger partial charge is 0.324 e. The van der Waals surface area contributed by atoms with Gasteiger partial charge in [0, 0.05) is 10.9 Å². The molecule has 1 aromatic carbocycles. The third kappa shape index (κ3) is 2.62. The van der Waals surface area contributed by atoms with E-state index >= 15 is 0 Å². The van der Waals surface area contributed by atoms with Crippen molar-refractivity contribution in [3.63, 3.8) is 0 Å². The average Bonchev–Trinajstić information content (AvgIpc) is 2.71. The summed E-state index contributed by atoms with van der Waals surface area (Å²) in [5, 5.41) is 2.09. The molecule has 0 aliphatic carbocycles. The van der Waals surface area contributed by atoms with Crippen LogP contribution in [0, 0.1) is 0 Å². The second kappa shape index (κ2) is 4.84. The summed E-state index contributed by atoms with van der Waals surface area (Å²) in [6.45, 7) is 2.02. The van der Waals surface area contributed by atoms with Gasteiger partial charge in [-0.1, -0.05) is 36.0 Å². The molecule has 0 aliphatic rings. The predicted octanol–water partition coefficient (Wildman–Crippen LogP) is 3.92. The lowest BCUT2D eigenvalue weighted by Crippen LogP contribution is -2.05. The molecular weight excluding hydrogens is 222 g/mol. The standard InChI is InChI=1S/C12H13NS2/c1-9(13)10-5-2-3-6-11(10)15-12-7-4-8-14-12/h2-9H,13H2,1H3/t9-/m0/s1. The van der Waals surface area contributed by atoms with E-state index in [9.17, 15) is 0 Å². The summed E-state index contributed by atoms with van der Waals surface area (Å²) in [5.74, 6) is 0. The molecule has 78 valence electrons. The fourth-order valence-electron chi connectivity index (χ4n) is 1.38. The van der Waals surface area contributed by atoms with Crippen molar-refractivity contribution in [1.29, 1.82) is 0 Å². The van der Waals surface area contributed by atoms with Crippen LogP contribution in [0.25, 0.3) is 0 Å². The number of hydrogen-bond donors (Lipinski definition) is 1. The molecule has 0 fully saturated rings. The lowest BCUT2D eigenvalue weighted by Gasteiger charge is -2.10. The van der Waals surface area contributed by atoms with E-state index in [4.69, 9.17) is 5.73 Å². The maximum absolute atomic E-state index is 5.93. The summed E-state index contributed by atoms with van der Waals surface area (Å²) in [6.07, 6.45) is 0. The second-order valence-electron chi connectivity index (χ2n) is 3.36. The molecule has 0 bridgehead atoms. The highest BCUT2D eigenvalue weighted by atomic mass is 32.2. The topological polar surface area (TPSA) is 26.0 Å². The molecule has 15 heavy (non-hydrogen) atoms. The minimum Gasteiger partial charge on any atom is -0.324 e. The molecule has 0 radical (unpaired) electrons. The van der Waals surface area contributed by atoms with Crippen LogP contribution in [0.2, 0.25) is 0 Å². The molecule has 0 saturated heterocycles. The monoisotopic (exact) mass is 235 g/mol. The van der Waals surface area contributed by atoms with Crippen molar-refractivity contribution >= 4 is 23.1 Å². The molecule has 0 aliphatic heterocycles. The van der Waals surface area contributed by atoms with Gasteiger partial charge in [0.05, 0.1) is 4.21 Å². The number of thiophene rings is 1. The van der Waals surface area contributed by atoms with Crippen LogP contribution >= 0.6 is 23.1 Å². The fraction of sp³-hybridized carbons (Fsp3) is 0.167. The highest BCUT2D eigenvalue weighted by molar-refractivity contribution is 8.01. The summed E-state index contributed by atoms with van der Waals surface area (Å²) in [7, 11) is 0. The molecule has 1 aromatic heterocycles. The molecule has 0 spiro atoms. The highest BCUT2D eigenvalue weighted by Gasteiger charge is 2.07. The Hall–Kier alpha value is -0.770. The molecule has 1 heterocycles. The van der Waals surface area contributed by atoms with Crippen molar-refractivity contribution < 1.29 is 0 Å². The summed E-state index contributed by atoms with van der Waals surface area (Å²) in [4.78, 5) is 1.26. The number of nitrogens with two attached hydrogens (primary N) is 1. The first-order valence-corrected chi connectivity index (χ1v) is 6.53. The molecule has 1 atom stereocenters. The minimum absolute atomic E-state index is 0.0914.